The summed E-state index contributed by atoms with van der Waals surface area (Å²) in [6.45, 7) is 2.57. The summed E-state index contributed by atoms with van der Waals surface area (Å²) in [4.78, 5) is 27.5. The van der Waals surface area contributed by atoms with Gasteiger partial charge in [0, 0.05) is 11.4 Å². The lowest BCUT2D eigenvalue weighted by Gasteiger charge is -2.16. The number of nitrogens with zero attached hydrogens (tertiary/aromatic N) is 1. The van der Waals surface area contributed by atoms with Crippen LogP contribution < -0.4 is 15.5 Å². The van der Waals surface area contributed by atoms with Gasteiger partial charge in [0.1, 0.15) is 12.4 Å². The van der Waals surface area contributed by atoms with Crippen molar-refractivity contribution in [1.29, 1.82) is 5.41 Å². The first kappa shape index (κ1) is 24.2. The number of carbonyl (C=O) groups excluding carboxylic acids is 2. The molecule has 0 radical (unpaired) electrons. The third-order valence-electron chi connectivity index (χ3n) is 4.82. The lowest BCUT2D eigenvalue weighted by molar-refractivity contribution is 0.102. The maximum atomic E-state index is 14.2. The van der Waals surface area contributed by atoms with E-state index >= 15 is 0 Å². The number of halogens is 2. The number of carbonyl (C=O) groups is 2. The van der Waals surface area contributed by atoms with Crippen LogP contribution in [0.4, 0.5) is 21.5 Å². The van der Waals surface area contributed by atoms with Crippen LogP contribution in [0.15, 0.2) is 48.5 Å². The van der Waals surface area contributed by atoms with E-state index in [1.807, 2.05) is 0 Å². The predicted molar refractivity (Wildman–Crippen MR) is 131 cm³/mol. The Balaban J connectivity index is 0.00000306. The van der Waals surface area contributed by atoms with Gasteiger partial charge in [-0.05, 0) is 61.0 Å². The Kier molecular flexibility index (Phi) is 7.35. The molecule has 10 heteroatoms. The summed E-state index contributed by atoms with van der Waals surface area (Å²) >= 11 is 6.99. The van der Waals surface area contributed by atoms with E-state index in [9.17, 15) is 14.0 Å². The van der Waals surface area contributed by atoms with Gasteiger partial charge in [0.15, 0.2) is 0 Å². The van der Waals surface area contributed by atoms with E-state index in [1.54, 1.807) is 48.2 Å². The first-order valence-electron chi connectivity index (χ1n) is 9.59. The molecular weight excluding hydrogens is 467 g/mol. The largest absolute Gasteiger partial charge is 0.463 e. The number of hydrogen-bond donors (Lipinski definition) is 3. The molecule has 1 aliphatic heterocycles. The SMILES string of the molecule is C.Cc1cc(NC(=O)c2ccc(Cl)s2)c(C(=O)Nc2ccc(N3CCOC3=N)cc2)cc1F. The van der Waals surface area contributed by atoms with E-state index < -0.39 is 17.6 Å². The second kappa shape index (κ2) is 10.0. The number of anilines is 3. The number of nitrogens with one attached hydrogen (secondary N) is 3. The molecule has 1 fully saturated rings. The summed E-state index contributed by atoms with van der Waals surface area (Å²) in [6, 6.07) is 12.6. The minimum atomic E-state index is -0.576. The molecule has 3 N–H and O–H groups in total. The van der Waals surface area contributed by atoms with Crippen LogP contribution in [-0.4, -0.2) is 31.0 Å². The fraction of sp³-hybridized carbons (Fsp3) is 0.174. The van der Waals surface area contributed by atoms with Crippen molar-refractivity contribution < 1.29 is 18.7 Å². The van der Waals surface area contributed by atoms with Crippen LogP contribution in [0.5, 0.6) is 0 Å². The van der Waals surface area contributed by atoms with Crippen LogP contribution in [0, 0.1) is 18.2 Å². The lowest BCUT2D eigenvalue weighted by Crippen LogP contribution is -2.23. The van der Waals surface area contributed by atoms with E-state index in [4.69, 9.17) is 21.7 Å². The second-order valence-corrected chi connectivity index (χ2v) is 8.73. The van der Waals surface area contributed by atoms with Crippen molar-refractivity contribution in [3.05, 3.63) is 74.7 Å². The Hall–Kier alpha value is -3.43. The lowest BCUT2D eigenvalue weighted by atomic mass is 10.1. The molecule has 1 saturated heterocycles. The van der Waals surface area contributed by atoms with Gasteiger partial charge >= 0.3 is 0 Å². The first-order chi connectivity index (χ1) is 15.3. The fourth-order valence-corrected chi connectivity index (χ4v) is 4.11. The van der Waals surface area contributed by atoms with Gasteiger partial charge < -0.3 is 15.4 Å². The van der Waals surface area contributed by atoms with Crippen LogP contribution in [-0.2, 0) is 4.74 Å². The van der Waals surface area contributed by atoms with Crippen molar-refractivity contribution in [3.63, 3.8) is 0 Å². The minimum Gasteiger partial charge on any atom is -0.463 e. The molecule has 33 heavy (non-hydrogen) atoms. The van der Waals surface area contributed by atoms with E-state index in [0.29, 0.717) is 33.6 Å². The molecule has 0 unspecified atom stereocenters. The summed E-state index contributed by atoms with van der Waals surface area (Å²) in [5, 5.41) is 13.1. The highest BCUT2D eigenvalue weighted by molar-refractivity contribution is 7.18. The molecule has 4 rings (SSSR count). The van der Waals surface area contributed by atoms with Crippen molar-refractivity contribution in [1.82, 2.24) is 0 Å². The molecule has 0 aliphatic carbocycles. The molecule has 2 heterocycles. The van der Waals surface area contributed by atoms with Crippen molar-refractivity contribution in [2.24, 2.45) is 0 Å². The van der Waals surface area contributed by atoms with Gasteiger partial charge in [0.25, 0.3) is 17.8 Å². The van der Waals surface area contributed by atoms with E-state index in [-0.39, 0.29) is 24.7 Å². The molecule has 0 bridgehead atoms. The van der Waals surface area contributed by atoms with E-state index in [1.165, 1.54) is 6.07 Å². The molecule has 0 saturated carbocycles. The van der Waals surface area contributed by atoms with Gasteiger partial charge in [-0.2, -0.15) is 0 Å². The average Bonchev–Trinajstić information content (AvgIpc) is 3.39. The van der Waals surface area contributed by atoms with Crippen LogP contribution >= 0.6 is 22.9 Å². The van der Waals surface area contributed by atoms with E-state index in [0.717, 1.165) is 23.1 Å². The van der Waals surface area contributed by atoms with Gasteiger partial charge in [0.05, 0.1) is 27.0 Å². The van der Waals surface area contributed by atoms with E-state index in [2.05, 4.69) is 10.6 Å². The third kappa shape index (κ3) is 5.32. The molecule has 1 aliphatic rings. The van der Waals surface area contributed by atoms with Gasteiger partial charge in [0.2, 0.25) is 0 Å². The molecule has 0 atom stereocenters. The van der Waals surface area contributed by atoms with Crippen LogP contribution in [0.3, 0.4) is 0 Å². The Labute approximate surface area is 199 Å². The zero-order chi connectivity index (χ0) is 22.8. The van der Waals surface area contributed by atoms with Gasteiger partial charge in [-0.3, -0.25) is 19.9 Å². The number of rotatable bonds is 5. The number of amides is 2. The Morgan fingerprint density at radius 3 is 2.45 bits per heavy atom. The molecule has 7 nitrogen and oxygen atoms in total. The first-order valence-corrected chi connectivity index (χ1v) is 10.8. The Morgan fingerprint density at radius 2 is 1.85 bits per heavy atom. The number of hydrogen-bond acceptors (Lipinski definition) is 5. The summed E-state index contributed by atoms with van der Waals surface area (Å²) in [7, 11) is 0. The standard InChI is InChI=1S/C22H18ClFN4O3S.CH4/c1-12-10-17(27-21(30)18-6-7-19(23)32-18)15(11-16(12)24)20(29)26-13-2-4-14(5-3-13)28-8-9-31-22(28)25;/h2-7,10-11,25H,8-9H2,1H3,(H,26,29)(H,27,30);1H4. The summed E-state index contributed by atoms with van der Waals surface area (Å²) in [5.41, 5.74) is 1.71. The molecular formula is C23H22ClFN4O3S. The molecule has 0 spiro atoms. The van der Waals surface area contributed by atoms with Gasteiger partial charge in [-0.25, -0.2) is 4.39 Å². The Morgan fingerprint density at radius 1 is 1.12 bits per heavy atom. The fourth-order valence-electron chi connectivity index (χ4n) is 3.18. The van der Waals surface area contributed by atoms with Crippen molar-refractivity contribution >= 4 is 57.8 Å². The minimum absolute atomic E-state index is 0. The normalized spacial score (nSPS) is 12.7. The highest BCUT2D eigenvalue weighted by Gasteiger charge is 2.21. The van der Waals surface area contributed by atoms with Crippen LogP contribution in [0.1, 0.15) is 33.0 Å². The quantitative estimate of drug-likeness (QED) is 0.425. The van der Waals surface area contributed by atoms with Crippen LogP contribution in [0.25, 0.3) is 0 Å². The van der Waals surface area contributed by atoms with Crippen molar-refractivity contribution in [2.75, 3.05) is 28.7 Å². The Bertz CT molecular complexity index is 1210. The topological polar surface area (TPSA) is 94.5 Å². The summed E-state index contributed by atoms with van der Waals surface area (Å²) < 4.78 is 19.8. The molecule has 3 aromatic rings. The average molecular weight is 489 g/mol. The third-order valence-corrected chi connectivity index (χ3v) is 6.05. The number of thiophene rings is 1. The molecule has 2 amide bonds. The maximum Gasteiger partial charge on any atom is 0.289 e. The van der Waals surface area contributed by atoms with Crippen LogP contribution in [0.2, 0.25) is 4.34 Å². The predicted octanol–water partition coefficient (Wildman–Crippen LogP) is 5.76. The highest BCUT2D eigenvalue weighted by Crippen LogP contribution is 2.26. The zero-order valence-electron chi connectivity index (χ0n) is 16.9. The number of amidine groups is 1. The monoisotopic (exact) mass is 488 g/mol. The second-order valence-electron chi connectivity index (χ2n) is 7.01. The number of ether oxygens (including phenoxy) is 1. The molecule has 172 valence electrons. The maximum absolute atomic E-state index is 14.2. The number of aryl methyl sites for hydroxylation is 1. The van der Waals surface area contributed by atoms with Gasteiger partial charge in [-0.15, -0.1) is 11.3 Å². The van der Waals surface area contributed by atoms with Crippen molar-refractivity contribution in [2.45, 2.75) is 14.4 Å². The molecule has 1 aromatic heterocycles. The summed E-state index contributed by atoms with van der Waals surface area (Å²) in [5.74, 6) is -1.58. The summed E-state index contributed by atoms with van der Waals surface area (Å²) in [6.07, 6.45) is 0. The van der Waals surface area contributed by atoms with Gasteiger partial charge in [-0.1, -0.05) is 19.0 Å². The smallest absolute Gasteiger partial charge is 0.289 e. The zero-order valence-corrected chi connectivity index (χ0v) is 18.4. The number of benzene rings is 2. The highest BCUT2D eigenvalue weighted by atomic mass is 35.5. The molecule has 2 aromatic carbocycles. The van der Waals surface area contributed by atoms with Crippen molar-refractivity contribution in [3.8, 4) is 0 Å².